The van der Waals surface area contributed by atoms with Crippen LogP contribution in [-0.4, -0.2) is 25.8 Å². The number of nitrogens with two attached hydrogens (primary N) is 1. The topological polar surface area (TPSA) is 85.0 Å². The van der Waals surface area contributed by atoms with Gasteiger partial charge in [-0.25, -0.2) is 0 Å². The Kier molecular flexibility index (Phi) is 4.08. The zero-order valence-corrected chi connectivity index (χ0v) is 14.5. The van der Waals surface area contributed by atoms with Crippen LogP contribution in [0.25, 0.3) is 11.3 Å². The molecule has 1 aliphatic heterocycles. The highest BCUT2D eigenvalue weighted by Crippen LogP contribution is 2.25. The van der Waals surface area contributed by atoms with Crippen molar-refractivity contribution in [2.45, 2.75) is 26.4 Å². The van der Waals surface area contributed by atoms with Crippen LogP contribution >= 0.6 is 0 Å². The molecule has 0 atom stereocenters. The molecule has 6 nitrogen and oxygen atoms in total. The van der Waals surface area contributed by atoms with Crippen LogP contribution in [0.3, 0.4) is 0 Å². The van der Waals surface area contributed by atoms with Crippen molar-refractivity contribution in [2.75, 3.05) is 5.73 Å². The van der Waals surface area contributed by atoms with E-state index >= 15 is 0 Å². The number of carbonyl (C=O) groups is 1. The van der Waals surface area contributed by atoms with Gasteiger partial charge in [-0.1, -0.05) is 0 Å². The first-order chi connectivity index (χ1) is 12.6. The lowest BCUT2D eigenvalue weighted by Crippen LogP contribution is -2.27. The van der Waals surface area contributed by atoms with Gasteiger partial charge in [-0.15, -0.1) is 0 Å². The van der Waals surface area contributed by atoms with E-state index in [0.717, 1.165) is 28.1 Å². The van der Waals surface area contributed by atoms with Crippen LogP contribution in [0.15, 0.2) is 48.9 Å². The second kappa shape index (κ2) is 6.55. The second-order valence-corrected chi connectivity index (χ2v) is 6.50. The molecule has 3 aromatic rings. The Morgan fingerprint density at radius 3 is 2.85 bits per heavy atom. The molecule has 0 bridgehead atoms. The molecule has 0 radical (unpaired) electrons. The Morgan fingerprint density at radius 2 is 2.04 bits per heavy atom. The number of nitrogens with zero attached hydrogens (tertiary/aromatic N) is 4. The van der Waals surface area contributed by atoms with E-state index in [1.807, 2.05) is 42.3 Å². The summed E-state index contributed by atoms with van der Waals surface area (Å²) < 4.78 is 0. The predicted octanol–water partition coefficient (Wildman–Crippen LogP) is 2.51. The number of hydrogen-bond donors (Lipinski definition) is 1. The number of carbonyl (C=O) groups excluding carboxylic acids is 1. The summed E-state index contributed by atoms with van der Waals surface area (Å²) in [6.45, 7) is 3.16. The molecular weight excluding hydrogens is 326 g/mol. The quantitative estimate of drug-likeness (QED) is 0.788. The van der Waals surface area contributed by atoms with Gasteiger partial charge in [0.2, 0.25) is 5.91 Å². The zero-order valence-electron chi connectivity index (χ0n) is 14.5. The van der Waals surface area contributed by atoms with E-state index in [4.69, 9.17) is 5.73 Å². The van der Waals surface area contributed by atoms with Crippen molar-refractivity contribution in [1.82, 2.24) is 19.9 Å². The summed E-state index contributed by atoms with van der Waals surface area (Å²) in [7, 11) is 0. The molecule has 0 aliphatic carbocycles. The van der Waals surface area contributed by atoms with Crippen LogP contribution in [0.1, 0.15) is 22.5 Å². The maximum atomic E-state index is 12.8. The Morgan fingerprint density at radius 1 is 1.19 bits per heavy atom. The van der Waals surface area contributed by atoms with Gasteiger partial charge in [0.15, 0.2) is 0 Å². The minimum Gasteiger partial charge on any atom is -0.397 e. The number of amides is 1. The minimum absolute atomic E-state index is 0.0152. The lowest BCUT2D eigenvalue weighted by atomic mass is 10.1. The molecule has 0 spiro atoms. The molecule has 4 rings (SSSR count). The first kappa shape index (κ1) is 16.2. The number of anilines is 1. The average molecular weight is 345 g/mol. The average Bonchev–Trinajstić information content (AvgIpc) is 3.07. The van der Waals surface area contributed by atoms with Crippen LogP contribution < -0.4 is 5.73 Å². The third kappa shape index (κ3) is 3.13. The number of fused-ring (bicyclic) bond motifs is 1. The lowest BCUT2D eigenvalue weighted by Gasteiger charge is -2.16. The van der Waals surface area contributed by atoms with Gasteiger partial charge >= 0.3 is 0 Å². The number of hydrogen-bond acceptors (Lipinski definition) is 5. The van der Waals surface area contributed by atoms with Gasteiger partial charge in [0.1, 0.15) is 0 Å². The Bertz CT molecular complexity index is 971. The van der Waals surface area contributed by atoms with Crippen LogP contribution in [0, 0.1) is 6.92 Å². The number of nitrogen functional groups attached to an aromatic ring is 1. The number of aryl methyl sites for hydroxylation is 1. The van der Waals surface area contributed by atoms with Gasteiger partial charge < -0.3 is 10.6 Å². The molecule has 2 N–H and O–H groups in total. The molecule has 0 saturated carbocycles. The van der Waals surface area contributed by atoms with Crippen LogP contribution in [0.5, 0.6) is 0 Å². The largest absolute Gasteiger partial charge is 0.397 e. The van der Waals surface area contributed by atoms with Gasteiger partial charge in [0.25, 0.3) is 0 Å². The van der Waals surface area contributed by atoms with E-state index in [1.165, 1.54) is 0 Å². The van der Waals surface area contributed by atoms with Crippen molar-refractivity contribution >= 4 is 11.6 Å². The number of rotatable bonds is 3. The molecule has 1 aliphatic rings. The summed E-state index contributed by atoms with van der Waals surface area (Å²) in [5, 5.41) is 0. The maximum Gasteiger partial charge on any atom is 0.229 e. The Balaban J connectivity index is 1.53. The summed E-state index contributed by atoms with van der Waals surface area (Å²) in [5.74, 6) is 0.0152. The first-order valence-corrected chi connectivity index (χ1v) is 8.48. The summed E-state index contributed by atoms with van der Waals surface area (Å²) in [6, 6.07) is 9.47. The fourth-order valence-electron chi connectivity index (χ4n) is 3.16. The highest BCUT2D eigenvalue weighted by Gasteiger charge is 2.24. The summed E-state index contributed by atoms with van der Waals surface area (Å²) in [6.07, 6.45) is 5.50. The molecule has 4 heterocycles. The normalized spacial score (nSPS) is 12.9. The standard InChI is InChI=1S/C20H19N5O/c1-13-7-15-11-25(12-16(15)10-23-13)20(26)8-19-17(21)4-5-18(24-19)14-3-2-6-22-9-14/h2-7,9-10H,8,11-12,21H2,1H3. The van der Waals surface area contributed by atoms with Crippen molar-refractivity contribution in [1.29, 1.82) is 0 Å². The Hall–Kier alpha value is -3.28. The molecule has 3 aromatic heterocycles. The third-order valence-corrected chi connectivity index (χ3v) is 4.58. The molecule has 0 saturated heterocycles. The van der Waals surface area contributed by atoms with E-state index in [0.29, 0.717) is 24.5 Å². The lowest BCUT2D eigenvalue weighted by molar-refractivity contribution is -0.131. The minimum atomic E-state index is 0.0152. The van der Waals surface area contributed by atoms with Gasteiger partial charge in [0.05, 0.1) is 23.5 Å². The van der Waals surface area contributed by atoms with Crippen molar-refractivity contribution < 1.29 is 4.79 Å². The molecule has 130 valence electrons. The van der Waals surface area contributed by atoms with E-state index < -0.39 is 0 Å². The van der Waals surface area contributed by atoms with Gasteiger partial charge in [-0.05, 0) is 48.4 Å². The van der Waals surface area contributed by atoms with Gasteiger partial charge in [-0.2, -0.15) is 0 Å². The first-order valence-electron chi connectivity index (χ1n) is 8.48. The van der Waals surface area contributed by atoms with Crippen molar-refractivity contribution in [3.8, 4) is 11.3 Å². The fourth-order valence-corrected chi connectivity index (χ4v) is 3.16. The van der Waals surface area contributed by atoms with E-state index in [1.54, 1.807) is 18.5 Å². The van der Waals surface area contributed by atoms with Crippen LogP contribution in [0.4, 0.5) is 5.69 Å². The molecule has 26 heavy (non-hydrogen) atoms. The highest BCUT2D eigenvalue weighted by molar-refractivity contribution is 5.80. The van der Waals surface area contributed by atoms with Crippen molar-refractivity contribution in [3.05, 3.63) is 71.4 Å². The van der Waals surface area contributed by atoms with Gasteiger partial charge in [-0.3, -0.25) is 19.7 Å². The van der Waals surface area contributed by atoms with E-state index in [9.17, 15) is 4.79 Å². The SMILES string of the molecule is Cc1cc2c(cn1)CN(C(=O)Cc1nc(-c3cccnc3)ccc1N)C2. The van der Waals surface area contributed by atoms with Gasteiger partial charge in [0, 0.05) is 42.9 Å². The molecule has 0 fully saturated rings. The smallest absolute Gasteiger partial charge is 0.229 e. The molecule has 6 heteroatoms. The van der Waals surface area contributed by atoms with E-state index in [2.05, 4.69) is 15.0 Å². The monoisotopic (exact) mass is 345 g/mol. The molecule has 0 aromatic carbocycles. The highest BCUT2D eigenvalue weighted by atomic mass is 16.2. The number of pyridine rings is 3. The predicted molar refractivity (Wildman–Crippen MR) is 98.8 cm³/mol. The second-order valence-electron chi connectivity index (χ2n) is 6.50. The number of aromatic nitrogens is 3. The van der Waals surface area contributed by atoms with Crippen LogP contribution in [-0.2, 0) is 24.3 Å². The van der Waals surface area contributed by atoms with Crippen molar-refractivity contribution in [2.24, 2.45) is 0 Å². The summed E-state index contributed by atoms with van der Waals surface area (Å²) in [4.78, 5) is 27.6. The Labute approximate surface area is 151 Å². The van der Waals surface area contributed by atoms with E-state index in [-0.39, 0.29) is 12.3 Å². The fraction of sp³-hybridized carbons (Fsp3) is 0.200. The summed E-state index contributed by atoms with van der Waals surface area (Å²) >= 11 is 0. The third-order valence-electron chi connectivity index (χ3n) is 4.58. The summed E-state index contributed by atoms with van der Waals surface area (Å²) in [5.41, 5.74) is 12.1. The zero-order chi connectivity index (χ0) is 18.1. The molecule has 1 amide bonds. The molecule has 0 unspecified atom stereocenters. The molecular formula is C20H19N5O. The van der Waals surface area contributed by atoms with Crippen LogP contribution in [0.2, 0.25) is 0 Å². The maximum absolute atomic E-state index is 12.8. The van der Waals surface area contributed by atoms with Crippen molar-refractivity contribution in [3.63, 3.8) is 0 Å².